The van der Waals surface area contributed by atoms with Crippen LogP contribution in [0.4, 0.5) is 0 Å². The van der Waals surface area contributed by atoms with Crippen LogP contribution in [0.3, 0.4) is 0 Å². The number of benzene rings is 7. The molecule has 0 amide bonds. The maximum absolute atomic E-state index is 6.71. The molecule has 10 rings (SSSR count). The summed E-state index contributed by atoms with van der Waals surface area (Å²) in [6.07, 6.45) is 0. The zero-order valence-electron chi connectivity index (χ0n) is 29.2. The minimum atomic E-state index is -0.140. The molecule has 1 aliphatic heterocycles. The van der Waals surface area contributed by atoms with Crippen molar-refractivity contribution in [3.8, 4) is 90.5 Å². The highest BCUT2D eigenvalue weighted by Gasteiger charge is 2.37. The average molecular weight is 684 g/mol. The first-order valence-electron chi connectivity index (χ1n) is 17.9. The van der Waals surface area contributed by atoms with Crippen molar-refractivity contribution in [1.29, 1.82) is 0 Å². The van der Waals surface area contributed by atoms with E-state index in [1.54, 1.807) is 0 Å². The number of rotatable bonds is 5. The molecule has 0 saturated heterocycles. The summed E-state index contributed by atoms with van der Waals surface area (Å²) in [5.74, 6) is 4.69. The molecule has 0 atom stereocenters. The number of ether oxygens (including phenoxy) is 2. The van der Waals surface area contributed by atoms with Crippen LogP contribution in [0.1, 0.15) is 25.0 Å². The third-order valence-corrected chi connectivity index (χ3v) is 10.4. The zero-order valence-corrected chi connectivity index (χ0v) is 29.2. The molecule has 8 aromatic rings. The van der Waals surface area contributed by atoms with Gasteiger partial charge in [0.1, 0.15) is 0 Å². The Hall–Kier alpha value is -6.85. The van der Waals surface area contributed by atoms with Crippen LogP contribution in [-0.4, -0.2) is 15.0 Å². The van der Waals surface area contributed by atoms with Gasteiger partial charge in [-0.1, -0.05) is 159 Å². The fourth-order valence-corrected chi connectivity index (χ4v) is 7.71. The molecule has 7 aromatic carbocycles. The smallest absolute Gasteiger partial charge is 0.177 e. The summed E-state index contributed by atoms with van der Waals surface area (Å²) in [5.41, 5.74) is 11.7. The summed E-state index contributed by atoms with van der Waals surface area (Å²) >= 11 is 0. The molecule has 1 aromatic heterocycles. The third-order valence-electron chi connectivity index (χ3n) is 10.4. The molecule has 2 heterocycles. The van der Waals surface area contributed by atoms with E-state index in [-0.39, 0.29) is 5.41 Å². The van der Waals surface area contributed by atoms with Gasteiger partial charge in [0.15, 0.2) is 40.5 Å². The Labute approximate surface area is 308 Å². The van der Waals surface area contributed by atoms with Gasteiger partial charge in [-0.2, -0.15) is 0 Å². The molecule has 0 radical (unpaired) electrons. The number of aromatic nitrogens is 3. The summed E-state index contributed by atoms with van der Waals surface area (Å²) in [6.45, 7) is 4.55. The number of hydrogen-bond donors (Lipinski definition) is 0. The molecule has 0 spiro atoms. The Bertz CT molecular complexity index is 2690. The second kappa shape index (κ2) is 12.1. The van der Waals surface area contributed by atoms with Gasteiger partial charge in [-0.25, -0.2) is 15.0 Å². The maximum atomic E-state index is 6.71. The first-order valence-corrected chi connectivity index (χ1v) is 17.9. The van der Waals surface area contributed by atoms with Gasteiger partial charge in [-0.15, -0.1) is 0 Å². The van der Waals surface area contributed by atoms with E-state index in [1.807, 2.05) is 72.8 Å². The molecule has 0 unspecified atom stereocenters. The molecule has 5 heteroatoms. The van der Waals surface area contributed by atoms with Crippen molar-refractivity contribution >= 4 is 0 Å². The maximum Gasteiger partial charge on any atom is 0.177 e. The lowest BCUT2D eigenvalue weighted by Gasteiger charge is -2.26. The zero-order chi connectivity index (χ0) is 35.5. The Morgan fingerprint density at radius 2 is 0.887 bits per heavy atom. The highest BCUT2D eigenvalue weighted by Crippen LogP contribution is 2.56. The van der Waals surface area contributed by atoms with Gasteiger partial charge < -0.3 is 9.47 Å². The highest BCUT2D eigenvalue weighted by atomic mass is 16.6. The van der Waals surface area contributed by atoms with Gasteiger partial charge in [0.25, 0.3) is 0 Å². The molecule has 53 heavy (non-hydrogen) atoms. The lowest BCUT2D eigenvalue weighted by molar-refractivity contribution is 0.360. The molecular formula is C48H33N3O2. The SMILES string of the molecule is CC1(C)c2ccccc2-c2cc3c(cc21)Oc1c(cccc1-c1ccc(-c2nc(-c4ccccc4)nc(-c4ccccc4-c4ccccc4)n2)cc1)O3. The quantitative estimate of drug-likeness (QED) is 0.181. The van der Waals surface area contributed by atoms with Crippen molar-refractivity contribution in [3.05, 3.63) is 175 Å². The Kier molecular flexibility index (Phi) is 7.08. The van der Waals surface area contributed by atoms with Gasteiger partial charge >= 0.3 is 0 Å². The Morgan fingerprint density at radius 1 is 0.358 bits per heavy atom. The van der Waals surface area contributed by atoms with E-state index in [2.05, 4.69) is 105 Å². The normalized spacial score (nSPS) is 13.2. The molecular weight excluding hydrogens is 651 g/mol. The van der Waals surface area contributed by atoms with Gasteiger partial charge in [0, 0.05) is 27.7 Å². The van der Waals surface area contributed by atoms with Crippen LogP contribution >= 0.6 is 0 Å². The summed E-state index contributed by atoms with van der Waals surface area (Å²) in [7, 11) is 0. The number of hydrogen-bond acceptors (Lipinski definition) is 5. The van der Waals surface area contributed by atoms with Crippen LogP contribution < -0.4 is 9.47 Å². The third kappa shape index (κ3) is 5.20. The van der Waals surface area contributed by atoms with Gasteiger partial charge in [-0.3, -0.25) is 0 Å². The molecule has 0 bridgehead atoms. The standard InChI is InChI=1S/C48H33N3O2/c1-48(2)39-22-12-11-19-36(39)38-28-42-43(29-40(38)48)53-44-35(21-13-23-41(44)52-42)31-24-26-33(27-25-31)46-49-45(32-16-7-4-8-17-32)50-47(51-46)37-20-10-9-18-34(37)30-14-5-3-6-15-30/h3-29H,1-2H3. The largest absolute Gasteiger partial charge is 0.449 e. The molecule has 0 N–H and O–H groups in total. The van der Waals surface area contributed by atoms with Gasteiger partial charge in [0.05, 0.1) is 0 Å². The molecule has 0 fully saturated rings. The van der Waals surface area contributed by atoms with Crippen LogP contribution in [0.15, 0.2) is 164 Å². The molecule has 0 saturated carbocycles. The Morgan fingerprint density at radius 3 is 1.62 bits per heavy atom. The van der Waals surface area contributed by atoms with E-state index >= 15 is 0 Å². The first-order chi connectivity index (χ1) is 26.0. The van der Waals surface area contributed by atoms with Crippen LogP contribution in [0.25, 0.3) is 67.5 Å². The Balaban J connectivity index is 1.02. The summed E-state index contributed by atoms with van der Waals surface area (Å²) in [5, 5.41) is 0. The lowest BCUT2D eigenvalue weighted by Crippen LogP contribution is -2.15. The van der Waals surface area contributed by atoms with Crippen LogP contribution in [0, 0.1) is 0 Å². The minimum Gasteiger partial charge on any atom is -0.449 e. The summed E-state index contributed by atoms with van der Waals surface area (Å²) in [6, 6.07) is 56.0. The van der Waals surface area contributed by atoms with E-state index in [1.165, 1.54) is 22.3 Å². The van der Waals surface area contributed by atoms with E-state index in [4.69, 9.17) is 24.4 Å². The predicted octanol–water partition coefficient (Wildman–Crippen LogP) is 12.4. The molecule has 5 nitrogen and oxygen atoms in total. The van der Waals surface area contributed by atoms with Crippen molar-refractivity contribution in [1.82, 2.24) is 15.0 Å². The predicted molar refractivity (Wildman–Crippen MR) is 211 cm³/mol. The highest BCUT2D eigenvalue weighted by molar-refractivity contribution is 5.85. The van der Waals surface area contributed by atoms with Crippen molar-refractivity contribution in [2.45, 2.75) is 19.3 Å². The second-order valence-electron chi connectivity index (χ2n) is 14.0. The fraction of sp³-hybridized carbons (Fsp3) is 0.0625. The van der Waals surface area contributed by atoms with E-state index < -0.39 is 0 Å². The first kappa shape index (κ1) is 30.9. The molecule has 1 aliphatic carbocycles. The fourth-order valence-electron chi connectivity index (χ4n) is 7.71. The number of fused-ring (bicyclic) bond motifs is 5. The topological polar surface area (TPSA) is 57.1 Å². The van der Waals surface area contributed by atoms with Crippen molar-refractivity contribution < 1.29 is 9.47 Å². The lowest BCUT2D eigenvalue weighted by atomic mass is 9.82. The minimum absolute atomic E-state index is 0.140. The van der Waals surface area contributed by atoms with Crippen LogP contribution in [-0.2, 0) is 5.41 Å². The van der Waals surface area contributed by atoms with E-state index in [0.29, 0.717) is 29.0 Å². The summed E-state index contributed by atoms with van der Waals surface area (Å²) in [4.78, 5) is 15.1. The van der Waals surface area contributed by atoms with Gasteiger partial charge in [0.2, 0.25) is 0 Å². The van der Waals surface area contributed by atoms with Gasteiger partial charge in [-0.05, 0) is 57.1 Å². The van der Waals surface area contributed by atoms with Crippen molar-refractivity contribution in [3.63, 3.8) is 0 Å². The number of para-hydroxylation sites is 1. The molecule has 252 valence electrons. The summed E-state index contributed by atoms with van der Waals surface area (Å²) < 4.78 is 13.3. The van der Waals surface area contributed by atoms with Crippen LogP contribution in [0.5, 0.6) is 23.0 Å². The molecule has 2 aliphatic rings. The monoisotopic (exact) mass is 683 g/mol. The number of nitrogens with zero attached hydrogens (tertiary/aromatic N) is 3. The van der Waals surface area contributed by atoms with E-state index in [9.17, 15) is 0 Å². The average Bonchev–Trinajstić information content (AvgIpc) is 3.44. The second-order valence-corrected chi connectivity index (χ2v) is 14.0. The van der Waals surface area contributed by atoms with Crippen molar-refractivity contribution in [2.24, 2.45) is 0 Å². The van der Waals surface area contributed by atoms with Crippen LogP contribution in [0.2, 0.25) is 0 Å². The van der Waals surface area contributed by atoms with Crippen molar-refractivity contribution in [2.75, 3.05) is 0 Å². The van der Waals surface area contributed by atoms with E-state index in [0.717, 1.165) is 50.4 Å².